The monoisotopic (exact) mass is 194 g/mol. The van der Waals surface area contributed by atoms with Crippen LogP contribution in [0.4, 0.5) is 0 Å². The Hall–Kier alpha value is -1.32. The minimum atomic E-state index is -0.330. The lowest BCUT2D eigenvalue weighted by Crippen LogP contribution is -2.08. The summed E-state index contributed by atoms with van der Waals surface area (Å²) in [5.74, 6) is 0.261. The fourth-order valence-electron chi connectivity index (χ4n) is 1.03. The zero-order valence-corrected chi connectivity index (χ0v) is 8.31. The van der Waals surface area contributed by atoms with E-state index in [-0.39, 0.29) is 12.0 Å². The quantitative estimate of drug-likeness (QED) is 0.745. The molecule has 1 rings (SSSR count). The second kappa shape index (κ2) is 5.42. The van der Waals surface area contributed by atoms with E-state index >= 15 is 0 Å². The van der Waals surface area contributed by atoms with Crippen molar-refractivity contribution in [3.05, 3.63) is 35.9 Å². The first-order chi connectivity index (χ1) is 6.76. The van der Waals surface area contributed by atoms with E-state index in [0.717, 1.165) is 5.56 Å². The first-order valence-corrected chi connectivity index (χ1v) is 4.29. The summed E-state index contributed by atoms with van der Waals surface area (Å²) in [7, 11) is 3.16. The van der Waals surface area contributed by atoms with Gasteiger partial charge in [0, 0.05) is 14.2 Å². The number of hydrogen-bond acceptors (Lipinski definition) is 3. The molecular formula is C11H14O3. The molecule has 1 N–H and O–H groups in total. The minimum Gasteiger partial charge on any atom is -0.508 e. The zero-order valence-electron chi connectivity index (χ0n) is 8.31. The third kappa shape index (κ3) is 3.20. The van der Waals surface area contributed by atoms with Crippen LogP contribution in [0.5, 0.6) is 5.75 Å². The molecule has 0 amide bonds. The Kier molecular flexibility index (Phi) is 4.16. The third-order valence-electron chi connectivity index (χ3n) is 1.80. The molecule has 0 bridgehead atoms. The van der Waals surface area contributed by atoms with Gasteiger partial charge in [0.25, 0.3) is 0 Å². The predicted octanol–water partition coefficient (Wildman–Crippen LogP) is 2.02. The predicted molar refractivity (Wildman–Crippen MR) is 54.9 cm³/mol. The van der Waals surface area contributed by atoms with Crippen LogP contribution in [0.25, 0.3) is 6.08 Å². The fourth-order valence-corrected chi connectivity index (χ4v) is 1.03. The number of methoxy groups -OCH3 is 2. The molecule has 0 spiro atoms. The van der Waals surface area contributed by atoms with Crippen LogP contribution in [0, 0.1) is 0 Å². The van der Waals surface area contributed by atoms with Gasteiger partial charge >= 0.3 is 0 Å². The molecule has 0 saturated heterocycles. The van der Waals surface area contributed by atoms with Crippen LogP contribution in [0.15, 0.2) is 30.3 Å². The van der Waals surface area contributed by atoms with Crippen LogP contribution in [0.1, 0.15) is 5.56 Å². The molecule has 3 heteroatoms. The van der Waals surface area contributed by atoms with E-state index in [1.165, 1.54) is 0 Å². The van der Waals surface area contributed by atoms with Crippen LogP contribution in [0.2, 0.25) is 0 Å². The number of rotatable bonds is 4. The maximum absolute atomic E-state index is 9.05. The maximum Gasteiger partial charge on any atom is 0.176 e. The average molecular weight is 194 g/mol. The molecule has 0 heterocycles. The van der Waals surface area contributed by atoms with Crippen molar-refractivity contribution in [2.75, 3.05) is 14.2 Å². The summed E-state index contributed by atoms with van der Waals surface area (Å²) >= 11 is 0. The van der Waals surface area contributed by atoms with Crippen molar-refractivity contribution in [2.24, 2.45) is 0 Å². The number of benzene rings is 1. The van der Waals surface area contributed by atoms with Gasteiger partial charge in [-0.2, -0.15) is 0 Å². The number of phenolic OH excluding ortho intramolecular Hbond substituents is 1. The van der Waals surface area contributed by atoms with Gasteiger partial charge in [-0.1, -0.05) is 18.2 Å². The molecule has 0 radical (unpaired) electrons. The van der Waals surface area contributed by atoms with Crippen LogP contribution >= 0.6 is 0 Å². The first kappa shape index (κ1) is 10.8. The third-order valence-corrected chi connectivity index (χ3v) is 1.80. The van der Waals surface area contributed by atoms with Gasteiger partial charge in [0.15, 0.2) is 6.29 Å². The van der Waals surface area contributed by atoms with E-state index < -0.39 is 0 Å². The molecule has 76 valence electrons. The molecule has 1 aromatic carbocycles. The van der Waals surface area contributed by atoms with Crippen molar-refractivity contribution >= 4 is 6.08 Å². The van der Waals surface area contributed by atoms with E-state index in [1.807, 2.05) is 18.2 Å². The van der Waals surface area contributed by atoms with Crippen molar-refractivity contribution in [2.45, 2.75) is 6.29 Å². The van der Waals surface area contributed by atoms with Crippen molar-refractivity contribution < 1.29 is 14.6 Å². The van der Waals surface area contributed by atoms with E-state index in [9.17, 15) is 0 Å². The second-order valence-electron chi connectivity index (χ2n) is 2.79. The van der Waals surface area contributed by atoms with Gasteiger partial charge in [0.05, 0.1) is 0 Å². The standard InChI is InChI=1S/C11H14O3/c1-13-11(14-2)8-5-9-3-6-10(12)7-4-9/h3-8,11-12H,1-2H3. The van der Waals surface area contributed by atoms with Gasteiger partial charge in [-0.15, -0.1) is 0 Å². The van der Waals surface area contributed by atoms with E-state index in [2.05, 4.69) is 0 Å². The number of hydrogen-bond donors (Lipinski definition) is 1. The summed E-state index contributed by atoms with van der Waals surface area (Å²) in [5.41, 5.74) is 0.988. The van der Waals surface area contributed by atoms with Crippen molar-refractivity contribution in [3.8, 4) is 5.75 Å². The van der Waals surface area contributed by atoms with Crippen LogP contribution in [-0.2, 0) is 9.47 Å². The Balaban J connectivity index is 2.63. The molecular weight excluding hydrogens is 180 g/mol. The molecule has 1 aromatic rings. The van der Waals surface area contributed by atoms with Crippen LogP contribution in [-0.4, -0.2) is 25.6 Å². The van der Waals surface area contributed by atoms with Gasteiger partial charge in [-0.05, 0) is 23.8 Å². The fraction of sp³-hybridized carbons (Fsp3) is 0.273. The van der Waals surface area contributed by atoms with Crippen molar-refractivity contribution in [3.63, 3.8) is 0 Å². The van der Waals surface area contributed by atoms with E-state index in [1.54, 1.807) is 32.4 Å². The van der Waals surface area contributed by atoms with Gasteiger partial charge in [0.1, 0.15) is 5.75 Å². The Morgan fingerprint density at radius 2 is 1.71 bits per heavy atom. The number of phenols is 1. The molecule has 0 unspecified atom stereocenters. The highest BCUT2D eigenvalue weighted by Crippen LogP contribution is 2.11. The molecule has 3 nitrogen and oxygen atoms in total. The maximum atomic E-state index is 9.05. The van der Waals surface area contributed by atoms with Gasteiger partial charge in [-0.3, -0.25) is 0 Å². The number of ether oxygens (including phenoxy) is 2. The SMILES string of the molecule is COC(C=Cc1ccc(O)cc1)OC. The molecule has 0 aliphatic rings. The largest absolute Gasteiger partial charge is 0.508 e. The smallest absolute Gasteiger partial charge is 0.176 e. The summed E-state index contributed by atoms with van der Waals surface area (Å²) in [6.07, 6.45) is 3.34. The molecule has 0 aromatic heterocycles. The minimum absolute atomic E-state index is 0.261. The number of aromatic hydroxyl groups is 1. The average Bonchev–Trinajstić information content (AvgIpc) is 2.22. The highest BCUT2D eigenvalue weighted by atomic mass is 16.7. The molecule has 14 heavy (non-hydrogen) atoms. The lowest BCUT2D eigenvalue weighted by atomic mass is 10.2. The van der Waals surface area contributed by atoms with Crippen LogP contribution < -0.4 is 0 Å². The van der Waals surface area contributed by atoms with Crippen molar-refractivity contribution in [1.29, 1.82) is 0 Å². The summed E-state index contributed by atoms with van der Waals surface area (Å²) in [6, 6.07) is 6.89. The van der Waals surface area contributed by atoms with Gasteiger partial charge < -0.3 is 14.6 Å². The van der Waals surface area contributed by atoms with E-state index in [0.29, 0.717) is 0 Å². The molecule has 0 saturated carbocycles. The summed E-state index contributed by atoms with van der Waals surface area (Å²) in [4.78, 5) is 0. The molecule has 0 fully saturated rings. The Labute approximate surface area is 83.6 Å². The Bertz CT molecular complexity index is 286. The second-order valence-corrected chi connectivity index (χ2v) is 2.79. The first-order valence-electron chi connectivity index (χ1n) is 4.29. The summed E-state index contributed by atoms with van der Waals surface area (Å²) < 4.78 is 9.97. The van der Waals surface area contributed by atoms with E-state index in [4.69, 9.17) is 14.6 Å². The zero-order chi connectivity index (χ0) is 10.4. The lowest BCUT2D eigenvalue weighted by molar-refractivity contribution is -0.0660. The lowest BCUT2D eigenvalue weighted by Gasteiger charge is -2.07. The van der Waals surface area contributed by atoms with Crippen molar-refractivity contribution in [1.82, 2.24) is 0 Å². The molecule has 0 aliphatic carbocycles. The summed E-state index contributed by atoms with van der Waals surface area (Å²) in [5, 5.41) is 9.05. The molecule has 0 aliphatic heterocycles. The molecule has 0 atom stereocenters. The van der Waals surface area contributed by atoms with Gasteiger partial charge in [0.2, 0.25) is 0 Å². The topological polar surface area (TPSA) is 38.7 Å². The van der Waals surface area contributed by atoms with Gasteiger partial charge in [-0.25, -0.2) is 0 Å². The highest BCUT2D eigenvalue weighted by Gasteiger charge is 1.97. The highest BCUT2D eigenvalue weighted by molar-refractivity contribution is 5.50. The van der Waals surface area contributed by atoms with Crippen LogP contribution in [0.3, 0.4) is 0 Å². The Morgan fingerprint density at radius 1 is 1.14 bits per heavy atom. The summed E-state index contributed by atoms with van der Waals surface area (Å²) in [6.45, 7) is 0. The normalized spacial score (nSPS) is 11.4. The Morgan fingerprint density at radius 3 is 2.21 bits per heavy atom.